The van der Waals surface area contributed by atoms with E-state index in [0.717, 1.165) is 46.5 Å². The minimum absolute atomic E-state index is 0.0312. The van der Waals surface area contributed by atoms with Crippen molar-refractivity contribution in [3.8, 4) is 0 Å². The quantitative estimate of drug-likeness (QED) is 0.750. The average molecular weight is 382 g/mol. The number of carbonyl (C=O) groups is 1. The van der Waals surface area contributed by atoms with Gasteiger partial charge in [0, 0.05) is 10.6 Å². The molecule has 1 atom stereocenters. The van der Waals surface area contributed by atoms with Gasteiger partial charge in [-0.25, -0.2) is 4.98 Å². The van der Waals surface area contributed by atoms with Crippen molar-refractivity contribution in [2.24, 2.45) is 5.92 Å². The average Bonchev–Trinajstić information content (AvgIpc) is 2.99. The van der Waals surface area contributed by atoms with E-state index in [9.17, 15) is 9.59 Å². The number of benzene rings is 1. The molecule has 0 bridgehead atoms. The summed E-state index contributed by atoms with van der Waals surface area (Å²) in [5, 5.41) is 3.65. The van der Waals surface area contributed by atoms with Gasteiger partial charge in [0.25, 0.3) is 5.56 Å². The Morgan fingerprint density at radius 1 is 1.33 bits per heavy atom. The second kappa shape index (κ2) is 6.93. The van der Waals surface area contributed by atoms with Crippen molar-refractivity contribution in [3.05, 3.63) is 56.4 Å². The van der Waals surface area contributed by atoms with Gasteiger partial charge in [0.1, 0.15) is 11.4 Å². The zero-order valence-corrected chi connectivity index (χ0v) is 16.7. The standard InChI is InChI=1S/C21H23N3O2S/c1-12-7-8-15-16(9-12)27-20-18(15)21(26)24(11-22-20)10-17(25)23-19-13(2)5-4-6-14(19)3/h4-6,11-12H,7-10H2,1-3H3,(H,23,25)/t12-/m0/s1. The molecule has 1 aliphatic carbocycles. The summed E-state index contributed by atoms with van der Waals surface area (Å²) in [6.07, 6.45) is 4.54. The Kier molecular flexibility index (Phi) is 4.60. The first-order valence-corrected chi connectivity index (χ1v) is 10.1. The van der Waals surface area contributed by atoms with Crippen LogP contribution in [0.5, 0.6) is 0 Å². The maximum Gasteiger partial charge on any atom is 0.262 e. The summed E-state index contributed by atoms with van der Waals surface area (Å²) in [5.74, 6) is 0.435. The Hall–Kier alpha value is -2.47. The van der Waals surface area contributed by atoms with Gasteiger partial charge in [-0.05, 0) is 55.7 Å². The number of hydrogen-bond acceptors (Lipinski definition) is 4. The van der Waals surface area contributed by atoms with Gasteiger partial charge in [-0.3, -0.25) is 14.2 Å². The Morgan fingerprint density at radius 3 is 2.81 bits per heavy atom. The van der Waals surface area contributed by atoms with Crippen molar-refractivity contribution in [2.75, 3.05) is 5.32 Å². The fourth-order valence-electron chi connectivity index (χ4n) is 3.82. The number of rotatable bonds is 3. The fourth-order valence-corrected chi connectivity index (χ4v) is 5.16. The SMILES string of the molecule is Cc1cccc(C)c1NC(=O)Cn1cnc2sc3c(c2c1=O)CC[C@H](C)C3. The van der Waals surface area contributed by atoms with Crippen LogP contribution in [0, 0.1) is 19.8 Å². The molecule has 1 N–H and O–H groups in total. The molecule has 5 nitrogen and oxygen atoms in total. The van der Waals surface area contributed by atoms with Crippen molar-refractivity contribution in [1.29, 1.82) is 0 Å². The van der Waals surface area contributed by atoms with E-state index in [4.69, 9.17) is 0 Å². The second-order valence-electron chi connectivity index (χ2n) is 7.52. The number of thiophene rings is 1. The first-order chi connectivity index (χ1) is 12.9. The monoisotopic (exact) mass is 381 g/mol. The Labute approximate surface area is 162 Å². The van der Waals surface area contributed by atoms with Crippen molar-refractivity contribution in [2.45, 2.75) is 46.6 Å². The zero-order valence-electron chi connectivity index (χ0n) is 15.8. The number of aryl methyl sites for hydroxylation is 3. The number of hydrogen-bond donors (Lipinski definition) is 1. The molecule has 0 unspecified atom stereocenters. The van der Waals surface area contributed by atoms with Gasteiger partial charge < -0.3 is 5.32 Å². The number of nitrogens with one attached hydrogen (secondary N) is 1. The lowest BCUT2D eigenvalue weighted by molar-refractivity contribution is -0.116. The van der Waals surface area contributed by atoms with Crippen LogP contribution in [-0.2, 0) is 24.2 Å². The van der Waals surface area contributed by atoms with Crippen LogP contribution in [0.4, 0.5) is 5.69 Å². The second-order valence-corrected chi connectivity index (χ2v) is 8.61. The van der Waals surface area contributed by atoms with Crippen LogP contribution in [0.1, 0.15) is 34.9 Å². The number of para-hydroxylation sites is 1. The topological polar surface area (TPSA) is 64.0 Å². The van der Waals surface area contributed by atoms with E-state index in [-0.39, 0.29) is 18.0 Å². The lowest BCUT2D eigenvalue weighted by Crippen LogP contribution is -2.28. The van der Waals surface area contributed by atoms with E-state index in [0.29, 0.717) is 11.3 Å². The normalized spacial score (nSPS) is 16.3. The largest absolute Gasteiger partial charge is 0.324 e. The highest BCUT2D eigenvalue weighted by molar-refractivity contribution is 7.18. The fraction of sp³-hybridized carbons (Fsp3) is 0.381. The molecule has 1 amide bonds. The van der Waals surface area contributed by atoms with Crippen LogP contribution >= 0.6 is 11.3 Å². The lowest BCUT2D eigenvalue weighted by atomic mass is 9.89. The maximum atomic E-state index is 13.0. The third-order valence-electron chi connectivity index (χ3n) is 5.34. The van der Waals surface area contributed by atoms with Crippen molar-refractivity contribution < 1.29 is 4.79 Å². The number of carbonyl (C=O) groups excluding carboxylic acids is 1. The number of anilines is 1. The Bertz CT molecular complexity index is 1080. The lowest BCUT2D eigenvalue weighted by Gasteiger charge is -2.17. The summed E-state index contributed by atoms with van der Waals surface area (Å²) < 4.78 is 1.43. The third kappa shape index (κ3) is 3.30. The van der Waals surface area contributed by atoms with E-state index < -0.39 is 0 Å². The number of fused-ring (bicyclic) bond motifs is 3. The maximum absolute atomic E-state index is 13.0. The predicted octanol–water partition coefficient (Wildman–Crippen LogP) is 3.84. The number of amides is 1. The molecule has 0 aliphatic heterocycles. The molecule has 2 aromatic heterocycles. The minimum Gasteiger partial charge on any atom is -0.324 e. The summed E-state index contributed by atoms with van der Waals surface area (Å²) in [6, 6.07) is 5.88. The van der Waals surface area contributed by atoms with Crippen LogP contribution in [0.25, 0.3) is 10.2 Å². The summed E-state index contributed by atoms with van der Waals surface area (Å²) in [4.78, 5) is 32.1. The summed E-state index contributed by atoms with van der Waals surface area (Å²) >= 11 is 1.63. The number of nitrogens with zero attached hydrogens (tertiary/aromatic N) is 2. The molecule has 0 saturated carbocycles. The van der Waals surface area contributed by atoms with Crippen molar-refractivity contribution in [1.82, 2.24) is 9.55 Å². The van der Waals surface area contributed by atoms with Gasteiger partial charge in [0.05, 0.1) is 11.7 Å². The molecule has 0 fully saturated rings. The zero-order chi connectivity index (χ0) is 19.1. The van der Waals surface area contributed by atoms with E-state index in [1.165, 1.54) is 15.8 Å². The van der Waals surface area contributed by atoms with Crippen LogP contribution in [-0.4, -0.2) is 15.5 Å². The first kappa shape index (κ1) is 17.9. The molecular weight excluding hydrogens is 358 g/mol. The van der Waals surface area contributed by atoms with E-state index in [2.05, 4.69) is 17.2 Å². The molecular formula is C21H23N3O2S. The molecule has 0 saturated heterocycles. The molecule has 2 heterocycles. The van der Waals surface area contributed by atoms with Gasteiger partial charge in [0.15, 0.2) is 0 Å². The molecule has 140 valence electrons. The van der Waals surface area contributed by atoms with Gasteiger partial charge >= 0.3 is 0 Å². The summed E-state index contributed by atoms with van der Waals surface area (Å²) in [7, 11) is 0. The van der Waals surface area contributed by atoms with Gasteiger partial charge in [-0.1, -0.05) is 25.1 Å². The van der Waals surface area contributed by atoms with Crippen molar-refractivity contribution >= 4 is 33.1 Å². The first-order valence-electron chi connectivity index (χ1n) is 9.29. The smallest absolute Gasteiger partial charge is 0.262 e. The van der Waals surface area contributed by atoms with Gasteiger partial charge in [-0.2, -0.15) is 0 Å². The van der Waals surface area contributed by atoms with E-state index >= 15 is 0 Å². The number of aromatic nitrogens is 2. The molecule has 0 spiro atoms. The van der Waals surface area contributed by atoms with Gasteiger partial charge in [0.2, 0.25) is 5.91 Å². The minimum atomic E-state index is -0.214. The van der Waals surface area contributed by atoms with E-state index in [1.54, 1.807) is 11.3 Å². The Balaban J connectivity index is 1.64. The third-order valence-corrected chi connectivity index (χ3v) is 6.50. The molecule has 3 aromatic rings. The molecule has 0 radical (unpaired) electrons. The summed E-state index contributed by atoms with van der Waals surface area (Å²) in [5.41, 5.74) is 3.86. The highest BCUT2D eigenvalue weighted by Gasteiger charge is 2.23. The van der Waals surface area contributed by atoms with Crippen molar-refractivity contribution in [3.63, 3.8) is 0 Å². The van der Waals surface area contributed by atoms with Crippen LogP contribution < -0.4 is 10.9 Å². The summed E-state index contributed by atoms with van der Waals surface area (Å²) in [6.45, 7) is 6.13. The predicted molar refractivity (Wildman–Crippen MR) is 110 cm³/mol. The molecule has 4 rings (SSSR count). The van der Waals surface area contributed by atoms with Crippen LogP contribution in [0.3, 0.4) is 0 Å². The highest BCUT2D eigenvalue weighted by atomic mass is 32.1. The Morgan fingerprint density at radius 2 is 2.07 bits per heavy atom. The van der Waals surface area contributed by atoms with Crippen LogP contribution in [0.15, 0.2) is 29.3 Å². The molecule has 1 aliphatic rings. The molecule has 27 heavy (non-hydrogen) atoms. The molecule has 6 heteroatoms. The molecule has 1 aromatic carbocycles. The van der Waals surface area contributed by atoms with E-state index in [1.807, 2.05) is 32.0 Å². The highest BCUT2D eigenvalue weighted by Crippen LogP contribution is 2.35. The van der Waals surface area contributed by atoms with Gasteiger partial charge in [-0.15, -0.1) is 11.3 Å². The van der Waals surface area contributed by atoms with Crippen LogP contribution in [0.2, 0.25) is 0 Å².